The van der Waals surface area contributed by atoms with Crippen molar-refractivity contribution >= 4 is 29.1 Å². The van der Waals surface area contributed by atoms with Crippen molar-refractivity contribution in [3.63, 3.8) is 0 Å². The third-order valence-corrected chi connectivity index (χ3v) is 9.01. The summed E-state index contributed by atoms with van der Waals surface area (Å²) >= 11 is 0. The second-order valence-electron chi connectivity index (χ2n) is 13.0. The molecule has 5 heterocycles. The van der Waals surface area contributed by atoms with E-state index in [9.17, 15) is 24.3 Å². The van der Waals surface area contributed by atoms with Gasteiger partial charge >= 0.3 is 18.2 Å². The van der Waals surface area contributed by atoms with Gasteiger partial charge in [-0.25, -0.2) is 19.4 Å². The van der Waals surface area contributed by atoms with Gasteiger partial charge in [0.25, 0.3) is 5.56 Å². The van der Waals surface area contributed by atoms with E-state index in [1.165, 1.54) is 4.90 Å². The van der Waals surface area contributed by atoms with Crippen LogP contribution in [0.3, 0.4) is 0 Å². The van der Waals surface area contributed by atoms with Crippen LogP contribution in [0.1, 0.15) is 76.1 Å². The normalized spacial score (nSPS) is 19.2. The van der Waals surface area contributed by atoms with E-state index in [0.717, 1.165) is 16.5 Å². The average Bonchev–Trinajstić information content (AvgIpc) is 3.39. The summed E-state index contributed by atoms with van der Waals surface area (Å²) in [7, 11) is 0. The van der Waals surface area contributed by atoms with Crippen LogP contribution in [0.25, 0.3) is 22.3 Å². The minimum Gasteiger partial charge on any atom is -0.465 e. The number of esters is 1. The molecule has 3 aromatic rings. The molecule has 1 aromatic carbocycles. The molecular weight excluding hydrogens is 610 g/mol. The van der Waals surface area contributed by atoms with Gasteiger partial charge in [0.15, 0.2) is 5.60 Å². The highest BCUT2D eigenvalue weighted by atomic mass is 16.7. The van der Waals surface area contributed by atoms with E-state index in [2.05, 4.69) is 0 Å². The van der Waals surface area contributed by atoms with Crippen LogP contribution < -0.4 is 10.3 Å². The van der Waals surface area contributed by atoms with Crippen LogP contribution >= 0.6 is 0 Å². The summed E-state index contributed by atoms with van der Waals surface area (Å²) in [6.07, 6.45) is -0.146. The number of aromatic nitrogens is 2. The zero-order valence-corrected chi connectivity index (χ0v) is 27.2. The first kappa shape index (κ1) is 32.5. The monoisotopic (exact) mass is 649 g/mol. The summed E-state index contributed by atoms with van der Waals surface area (Å²) in [5.41, 5.74) is 1.95. The summed E-state index contributed by atoms with van der Waals surface area (Å²) in [6, 6.07) is 6.99. The van der Waals surface area contributed by atoms with E-state index < -0.39 is 29.4 Å². The number of carbonyl (C=O) groups is 3. The van der Waals surface area contributed by atoms with Crippen molar-refractivity contribution in [1.82, 2.24) is 14.5 Å². The van der Waals surface area contributed by atoms with Crippen molar-refractivity contribution in [2.45, 2.75) is 90.8 Å². The number of piperidine rings is 1. The molecule has 3 aliphatic rings. The third-order valence-electron chi connectivity index (χ3n) is 9.01. The Morgan fingerprint density at radius 2 is 1.85 bits per heavy atom. The molecule has 0 aliphatic carbocycles. The Labute approximate surface area is 271 Å². The summed E-state index contributed by atoms with van der Waals surface area (Å²) in [6.45, 7) is 9.67. The zero-order chi connectivity index (χ0) is 33.7. The molecule has 47 heavy (non-hydrogen) atoms. The highest BCUT2D eigenvalue weighted by molar-refractivity contribution is 5.90. The van der Waals surface area contributed by atoms with Gasteiger partial charge in [-0.15, -0.1) is 0 Å². The van der Waals surface area contributed by atoms with Crippen molar-refractivity contribution < 1.29 is 43.2 Å². The second kappa shape index (κ2) is 12.3. The molecule has 0 bridgehead atoms. The predicted molar refractivity (Wildman–Crippen MR) is 168 cm³/mol. The number of nitrogens with zero attached hydrogens (tertiary/aromatic N) is 3. The number of hydrogen-bond acceptors (Lipinski definition) is 10. The molecule has 1 fully saturated rings. The van der Waals surface area contributed by atoms with E-state index >= 15 is 0 Å². The van der Waals surface area contributed by atoms with E-state index in [0.29, 0.717) is 66.1 Å². The number of hydrogen-bond donors (Lipinski definition) is 1. The molecule has 2 aromatic heterocycles. The molecule has 1 N–H and O–H groups in total. The summed E-state index contributed by atoms with van der Waals surface area (Å²) in [4.78, 5) is 57.3. The van der Waals surface area contributed by atoms with Crippen LogP contribution in [0.5, 0.6) is 5.75 Å². The van der Waals surface area contributed by atoms with Crippen LogP contribution in [0, 0.1) is 0 Å². The van der Waals surface area contributed by atoms with Crippen LogP contribution in [-0.4, -0.2) is 69.4 Å². The Morgan fingerprint density at radius 1 is 1.11 bits per heavy atom. The number of fused-ring (bicyclic) bond motifs is 5. The number of cyclic esters (lactones) is 1. The maximum Gasteiger partial charge on any atom is 0.514 e. The highest BCUT2D eigenvalue weighted by Gasteiger charge is 2.48. The number of aryl methyl sites for hydroxylation is 1. The smallest absolute Gasteiger partial charge is 0.465 e. The molecule has 250 valence electrons. The third kappa shape index (κ3) is 5.93. The van der Waals surface area contributed by atoms with Gasteiger partial charge in [-0.05, 0) is 76.3 Å². The number of benzene rings is 1. The van der Waals surface area contributed by atoms with Gasteiger partial charge in [0.05, 0.1) is 35.1 Å². The highest BCUT2D eigenvalue weighted by Crippen LogP contribution is 2.42. The number of pyridine rings is 2. The van der Waals surface area contributed by atoms with E-state index in [-0.39, 0.29) is 38.0 Å². The Kier molecular flexibility index (Phi) is 8.47. The van der Waals surface area contributed by atoms with Crippen molar-refractivity contribution in [3.8, 4) is 17.1 Å². The summed E-state index contributed by atoms with van der Waals surface area (Å²) in [5.74, 6) is -0.279. The van der Waals surface area contributed by atoms with Gasteiger partial charge in [-0.1, -0.05) is 13.8 Å². The Balaban J connectivity index is 1.33. The van der Waals surface area contributed by atoms with Gasteiger partial charge < -0.3 is 38.3 Å². The lowest BCUT2D eigenvalue weighted by molar-refractivity contribution is -0.208. The molecule has 1 atom stereocenters. The maximum absolute atomic E-state index is 14.0. The lowest BCUT2D eigenvalue weighted by Gasteiger charge is -2.37. The average molecular weight is 650 g/mol. The minimum atomic E-state index is -1.56. The molecule has 1 unspecified atom stereocenters. The standard InChI is InChI=1S/C34H39N3O10/c1-6-21-22-14-20(46-32(42)47-33(3,4)5)8-9-26(22)35-28-23(21)16-37-27(28)15-25-24(29(37)38)17-43-30(39)34(25,7-2)45-18-44-19-10-12-36(13-11-19)31(40)41/h8-9,14-15,19H,6-7,10-13,16-18H2,1-5H3,(H,40,41). The quantitative estimate of drug-likeness (QED) is 0.162. The Bertz CT molecular complexity index is 1820. The number of carbonyl (C=O) groups excluding carboxylic acids is 2. The molecule has 0 saturated carbocycles. The minimum absolute atomic E-state index is 0.176. The van der Waals surface area contributed by atoms with E-state index in [1.54, 1.807) is 50.5 Å². The summed E-state index contributed by atoms with van der Waals surface area (Å²) < 4.78 is 30.0. The first-order chi connectivity index (χ1) is 22.3. The van der Waals surface area contributed by atoms with Crippen LogP contribution in [0.2, 0.25) is 0 Å². The van der Waals surface area contributed by atoms with Crippen molar-refractivity contribution in [2.75, 3.05) is 19.9 Å². The molecular formula is C34H39N3O10. The summed E-state index contributed by atoms with van der Waals surface area (Å²) in [5, 5.41) is 10.0. The predicted octanol–water partition coefficient (Wildman–Crippen LogP) is 5.10. The van der Waals surface area contributed by atoms with Gasteiger partial charge in [0.2, 0.25) is 0 Å². The first-order valence-corrected chi connectivity index (χ1v) is 15.9. The van der Waals surface area contributed by atoms with E-state index in [4.69, 9.17) is 28.7 Å². The molecule has 0 spiro atoms. The van der Waals surface area contributed by atoms with Crippen molar-refractivity contribution in [3.05, 3.63) is 56.9 Å². The number of likely N-dealkylation sites (tertiary alicyclic amines) is 1. The molecule has 13 nitrogen and oxygen atoms in total. The van der Waals surface area contributed by atoms with Gasteiger partial charge in [0, 0.05) is 29.6 Å². The molecule has 13 heteroatoms. The maximum atomic E-state index is 14.0. The van der Waals surface area contributed by atoms with Crippen molar-refractivity contribution in [1.29, 1.82) is 0 Å². The van der Waals surface area contributed by atoms with Crippen LogP contribution in [0.4, 0.5) is 9.59 Å². The molecule has 3 aliphatic heterocycles. The fraction of sp³-hybridized carbons (Fsp3) is 0.500. The lowest BCUT2D eigenvalue weighted by atomic mass is 9.85. The molecule has 0 radical (unpaired) electrons. The molecule has 6 rings (SSSR count). The van der Waals surface area contributed by atoms with E-state index in [1.807, 2.05) is 13.0 Å². The zero-order valence-electron chi connectivity index (χ0n) is 27.2. The SMILES string of the molecule is CCc1c2c(nc3ccc(OC(=O)OC(C)(C)C)cc13)-c1cc3c(c(=O)n1C2)COC(=O)C3(CC)OCOC1CCN(C(=O)O)CC1. The van der Waals surface area contributed by atoms with Gasteiger partial charge in [-0.3, -0.25) is 4.79 Å². The number of amides is 1. The largest absolute Gasteiger partial charge is 0.514 e. The number of rotatable bonds is 7. The Hall–Kier alpha value is -4.49. The lowest BCUT2D eigenvalue weighted by Crippen LogP contribution is -2.47. The fourth-order valence-electron chi connectivity index (χ4n) is 6.65. The number of ether oxygens (including phenoxy) is 5. The topological polar surface area (TPSA) is 156 Å². The van der Waals surface area contributed by atoms with Crippen molar-refractivity contribution in [2.24, 2.45) is 0 Å². The van der Waals surface area contributed by atoms with Crippen LogP contribution in [-0.2, 0) is 48.9 Å². The van der Waals surface area contributed by atoms with Gasteiger partial charge in [0.1, 0.15) is 24.8 Å². The number of carboxylic acid groups (broad SMARTS) is 1. The Morgan fingerprint density at radius 3 is 2.51 bits per heavy atom. The second-order valence-corrected chi connectivity index (χ2v) is 13.0. The van der Waals surface area contributed by atoms with Gasteiger partial charge in [-0.2, -0.15) is 0 Å². The van der Waals surface area contributed by atoms with Crippen LogP contribution in [0.15, 0.2) is 29.1 Å². The molecule has 1 saturated heterocycles. The molecule has 1 amide bonds. The first-order valence-electron chi connectivity index (χ1n) is 15.9. The fourth-order valence-corrected chi connectivity index (χ4v) is 6.65.